The summed E-state index contributed by atoms with van der Waals surface area (Å²) in [6.07, 6.45) is 2.42. The SMILES string of the molecule is Cc1noc(CC2C(=O)NCCN2Cc2cn(C)nc2C)n1. The molecule has 0 aromatic carbocycles. The van der Waals surface area contributed by atoms with E-state index in [4.69, 9.17) is 4.52 Å². The predicted molar refractivity (Wildman–Crippen MR) is 77.9 cm³/mol. The Labute approximate surface area is 128 Å². The Bertz CT molecular complexity index is 677. The monoisotopic (exact) mass is 304 g/mol. The van der Waals surface area contributed by atoms with Crippen molar-refractivity contribution in [2.24, 2.45) is 7.05 Å². The van der Waals surface area contributed by atoms with E-state index < -0.39 is 0 Å². The lowest BCUT2D eigenvalue weighted by Crippen LogP contribution is -2.55. The van der Waals surface area contributed by atoms with E-state index in [0.717, 1.165) is 17.8 Å². The fraction of sp³-hybridized carbons (Fsp3) is 0.571. The first kappa shape index (κ1) is 14.7. The molecule has 1 atom stereocenters. The van der Waals surface area contributed by atoms with Gasteiger partial charge in [-0.25, -0.2) is 0 Å². The Kier molecular flexibility index (Phi) is 3.93. The standard InChI is InChI=1S/C14H20N6O2/c1-9-11(7-19(3)17-9)8-20-5-4-15-14(21)12(20)6-13-16-10(2)18-22-13/h7,12H,4-6,8H2,1-3H3,(H,15,21). The van der Waals surface area contributed by atoms with Gasteiger partial charge in [0.1, 0.15) is 0 Å². The zero-order chi connectivity index (χ0) is 15.7. The van der Waals surface area contributed by atoms with Gasteiger partial charge < -0.3 is 9.84 Å². The summed E-state index contributed by atoms with van der Waals surface area (Å²) in [6.45, 7) is 5.88. The molecule has 1 fully saturated rings. The maximum atomic E-state index is 12.2. The maximum absolute atomic E-state index is 12.2. The van der Waals surface area contributed by atoms with Gasteiger partial charge >= 0.3 is 0 Å². The molecule has 1 saturated heterocycles. The minimum atomic E-state index is -0.298. The Hall–Kier alpha value is -2.22. The summed E-state index contributed by atoms with van der Waals surface area (Å²) >= 11 is 0. The highest BCUT2D eigenvalue weighted by Crippen LogP contribution is 2.16. The molecule has 1 aliphatic rings. The molecule has 2 aromatic rings. The van der Waals surface area contributed by atoms with Crippen molar-refractivity contribution in [3.05, 3.63) is 29.2 Å². The van der Waals surface area contributed by atoms with Crippen LogP contribution >= 0.6 is 0 Å². The normalized spacial score (nSPS) is 19.4. The van der Waals surface area contributed by atoms with Crippen molar-refractivity contribution in [2.75, 3.05) is 13.1 Å². The number of rotatable bonds is 4. The smallest absolute Gasteiger partial charge is 0.237 e. The topological polar surface area (TPSA) is 89.1 Å². The summed E-state index contributed by atoms with van der Waals surface area (Å²) < 4.78 is 6.95. The first-order chi connectivity index (χ1) is 10.5. The summed E-state index contributed by atoms with van der Waals surface area (Å²) in [4.78, 5) is 18.6. The molecule has 118 valence electrons. The van der Waals surface area contributed by atoms with Gasteiger partial charge in [-0.2, -0.15) is 10.1 Å². The van der Waals surface area contributed by atoms with Gasteiger partial charge in [-0.15, -0.1) is 0 Å². The molecule has 2 aromatic heterocycles. The Morgan fingerprint density at radius 2 is 2.27 bits per heavy atom. The van der Waals surface area contributed by atoms with E-state index in [2.05, 4.69) is 25.5 Å². The van der Waals surface area contributed by atoms with Crippen molar-refractivity contribution < 1.29 is 9.32 Å². The molecular weight excluding hydrogens is 284 g/mol. The summed E-state index contributed by atoms with van der Waals surface area (Å²) in [5, 5.41) is 11.0. The van der Waals surface area contributed by atoms with Crippen LogP contribution in [0.2, 0.25) is 0 Å². The number of aryl methyl sites for hydroxylation is 3. The molecule has 0 saturated carbocycles. The first-order valence-electron chi connectivity index (χ1n) is 7.33. The Morgan fingerprint density at radius 1 is 1.45 bits per heavy atom. The quantitative estimate of drug-likeness (QED) is 0.853. The molecule has 8 nitrogen and oxygen atoms in total. The average Bonchev–Trinajstić information content (AvgIpc) is 3.00. The number of carbonyl (C=O) groups excluding carboxylic acids is 1. The van der Waals surface area contributed by atoms with Crippen molar-refractivity contribution in [3.63, 3.8) is 0 Å². The second kappa shape index (κ2) is 5.88. The third-order valence-electron chi connectivity index (χ3n) is 3.87. The van der Waals surface area contributed by atoms with Crippen LogP contribution in [0.4, 0.5) is 0 Å². The average molecular weight is 304 g/mol. The fourth-order valence-electron chi connectivity index (χ4n) is 2.78. The molecule has 1 aliphatic heterocycles. The molecular formula is C14H20N6O2. The molecule has 0 bridgehead atoms. The second-order valence-corrected chi connectivity index (χ2v) is 5.63. The van der Waals surface area contributed by atoms with Gasteiger partial charge in [-0.1, -0.05) is 5.16 Å². The van der Waals surface area contributed by atoms with Crippen molar-refractivity contribution in [3.8, 4) is 0 Å². The van der Waals surface area contributed by atoms with E-state index in [9.17, 15) is 4.79 Å². The van der Waals surface area contributed by atoms with Crippen LogP contribution in [0.25, 0.3) is 0 Å². The van der Waals surface area contributed by atoms with Crippen LogP contribution in [-0.2, 0) is 24.8 Å². The third-order valence-corrected chi connectivity index (χ3v) is 3.87. The minimum Gasteiger partial charge on any atom is -0.353 e. The highest BCUT2D eigenvalue weighted by molar-refractivity contribution is 5.82. The molecule has 0 spiro atoms. The molecule has 1 amide bonds. The largest absolute Gasteiger partial charge is 0.353 e. The van der Waals surface area contributed by atoms with Gasteiger partial charge in [0.15, 0.2) is 5.82 Å². The lowest BCUT2D eigenvalue weighted by atomic mass is 10.1. The van der Waals surface area contributed by atoms with Crippen LogP contribution in [0.5, 0.6) is 0 Å². The van der Waals surface area contributed by atoms with Crippen LogP contribution in [0.3, 0.4) is 0 Å². The Balaban J connectivity index is 1.77. The number of amides is 1. The van der Waals surface area contributed by atoms with Gasteiger partial charge in [-0.05, 0) is 13.8 Å². The van der Waals surface area contributed by atoms with Crippen LogP contribution in [0, 0.1) is 13.8 Å². The zero-order valence-electron chi connectivity index (χ0n) is 13.0. The van der Waals surface area contributed by atoms with Crippen LogP contribution in [0.15, 0.2) is 10.7 Å². The fourth-order valence-corrected chi connectivity index (χ4v) is 2.78. The maximum Gasteiger partial charge on any atom is 0.237 e. The van der Waals surface area contributed by atoms with Gasteiger partial charge in [0.2, 0.25) is 11.8 Å². The molecule has 0 aliphatic carbocycles. The van der Waals surface area contributed by atoms with Crippen LogP contribution in [-0.4, -0.2) is 49.9 Å². The Morgan fingerprint density at radius 3 is 2.91 bits per heavy atom. The second-order valence-electron chi connectivity index (χ2n) is 5.63. The lowest BCUT2D eigenvalue weighted by molar-refractivity contribution is -0.129. The van der Waals surface area contributed by atoms with Crippen molar-refractivity contribution in [2.45, 2.75) is 32.9 Å². The zero-order valence-corrected chi connectivity index (χ0v) is 13.0. The van der Waals surface area contributed by atoms with E-state index in [-0.39, 0.29) is 11.9 Å². The minimum absolute atomic E-state index is 0.00338. The third kappa shape index (κ3) is 3.01. The van der Waals surface area contributed by atoms with Gasteiger partial charge in [-0.3, -0.25) is 14.4 Å². The predicted octanol–water partition coefficient (Wildman–Crippen LogP) is -0.0370. The number of nitrogens with zero attached hydrogens (tertiary/aromatic N) is 5. The molecule has 3 heterocycles. The van der Waals surface area contributed by atoms with Crippen molar-refractivity contribution in [1.82, 2.24) is 30.1 Å². The number of nitrogens with one attached hydrogen (secondary N) is 1. The molecule has 22 heavy (non-hydrogen) atoms. The number of piperazine rings is 1. The van der Waals surface area contributed by atoms with Crippen LogP contribution in [0.1, 0.15) is 23.0 Å². The number of hydrogen-bond acceptors (Lipinski definition) is 6. The highest BCUT2D eigenvalue weighted by Gasteiger charge is 2.32. The van der Waals surface area contributed by atoms with Gasteiger partial charge in [0, 0.05) is 38.4 Å². The summed E-state index contributed by atoms with van der Waals surface area (Å²) in [5.41, 5.74) is 2.12. The van der Waals surface area contributed by atoms with Gasteiger partial charge in [0.05, 0.1) is 18.2 Å². The van der Waals surface area contributed by atoms with Crippen molar-refractivity contribution in [1.29, 1.82) is 0 Å². The van der Waals surface area contributed by atoms with E-state index in [1.165, 1.54) is 0 Å². The number of carbonyl (C=O) groups is 1. The van der Waals surface area contributed by atoms with Crippen molar-refractivity contribution >= 4 is 5.91 Å². The van der Waals surface area contributed by atoms with E-state index >= 15 is 0 Å². The van der Waals surface area contributed by atoms with Crippen LogP contribution < -0.4 is 5.32 Å². The summed E-state index contributed by atoms with van der Waals surface area (Å²) in [7, 11) is 1.90. The first-order valence-corrected chi connectivity index (χ1v) is 7.33. The van der Waals surface area contributed by atoms with Gasteiger partial charge in [0.25, 0.3) is 0 Å². The summed E-state index contributed by atoms with van der Waals surface area (Å²) in [5.74, 6) is 1.08. The number of hydrogen-bond donors (Lipinski definition) is 1. The molecule has 1 N–H and O–H groups in total. The lowest BCUT2D eigenvalue weighted by Gasteiger charge is -2.34. The van der Waals surface area contributed by atoms with E-state index in [0.29, 0.717) is 31.2 Å². The molecule has 1 unspecified atom stereocenters. The summed E-state index contributed by atoms with van der Waals surface area (Å²) in [6, 6.07) is -0.298. The highest BCUT2D eigenvalue weighted by atomic mass is 16.5. The number of aromatic nitrogens is 4. The molecule has 3 rings (SSSR count). The molecule has 8 heteroatoms. The van der Waals surface area contributed by atoms with E-state index in [1.807, 2.05) is 20.2 Å². The van der Waals surface area contributed by atoms with E-state index in [1.54, 1.807) is 11.6 Å². The molecule has 0 radical (unpaired) electrons.